The van der Waals surface area contributed by atoms with Crippen LogP contribution in [0.2, 0.25) is 0 Å². The van der Waals surface area contributed by atoms with E-state index in [1.54, 1.807) is 31.2 Å². The fraction of sp³-hybridized carbons (Fsp3) is 0.368. The Kier molecular flexibility index (Phi) is 5.22. The molecule has 0 spiro atoms. The Morgan fingerprint density at radius 1 is 0.963 bits per heavy atom. The van der Waals surface area contributed by atoms with Gasteiger partial charge in [0.25, 0.3) is 10.0 Å². The lowest BCUT2D eigenvalue weighted by Crippen LogP contribution is -2.37. The molecule has 0 saturated carbocycles. The summed E-state index contributed by atoms with van der Waals surface area (Å²) in [5.74, 6) is 0.125. The molecule has 146 valence electrons. The van der Waals surface area contributed by atoms with Gasteiger partial charge in [0.15, 0.2) is 0 Å². The second kappa shape index (κ2) is 7.16. The van der Waals surface area contributed by atoms with Crippen molar-refractivity contribution in [2.75, 3.05) is 21.3 Å². The van der Waals surface area contributed by atoms with E-state index >= 15 is 0 Å². The summed E-state index contributed by atoms with van der Waals surface area (Å²) in [7, 11) is -7.10. The van der Waals surface area contributed by atoms with Gasteiger partial charge in [0.05, 0.1) is 16.3 Å². The van der Waals surface area contributed by atoms with Crippen molar-refractivity contribution in [1.82, 2.24) is 0 Å². The fourth-order valence-electron chi connectivity index (χ4n) is 3.41. The van der Waals surface area contributed by atoms with Gasteiger partial charge in [-0.15, -0.1) is 0 Å². The molecule has 0 aliphatic carbocycles. The minimum Gasteiger partial charge on any atom is -0.280 e. The maximum Gasteiger partial charge on any atom is 0.262 e. The standard InChI is InChI=1S/C19H24N2O4S2/c1-14-10-15(2)12-17(11-14)20-27(24,25)19-7-6-18(13-16(19)3)21-8-4-5-9-26(21,22)23/h6-7,10-13,20H,4-5,8-9H2,1-3H3. The Balaban J connectivity index is 1.92. The van der Waals surface area contributed by atoms with Crippen LogP contribution in [0.1, 0.15) is 29.5 Å². The van der Waals surface area contributed by atoms with Crippen molar-refractivity contribution < 1.29 is 16.8 Å². The van der Waals surface area contributed by atoms with E-state index in [1.807, 2.05) is 19.9 Å². The predicted molar refractivity (Wildman–Crippen MR) is 108 cm³/mol. The van der Waals surface area contributed by atoms with Crippen molar-refractivity contribution in [3.8, 4) is 0 Å². The zero-order valence-corrected chi connectivity index (χ0v) is 17.3. The first-order chi connectivity index (χ1) is 12.6. The second-order valence-electron chi connectivity index (χ2n) is 7.03. The molecule has 3 rings (SSSR count). The monoisotopic (exact) mass is 408 g/mol. The van der Waals surface area contributed by atoms with Crippen LogP contribution in [-0.4, -0.2) is 29.1 Å². The molecule has 0 atom stereocenters. The van der Waals surface area contributed by atoms with E-state index in [0.29, 0.717) is 29.9 Å². The van der Waals surface area contributed by atoms with Gasteiger partial charge in [-0.3, -0.25) is 9.03 Å². The Hall–Kier alpha value is -2.06. The summed E-state index contributed by atoms with van der Waals surface area (Å²) < 4.78 is 54.2. The summed E-state index contributed by atoms with van der Waals surface area (Å²) in [6, 6.07) is 10.2. The van der Waals surface area contributed by atoms with E-state index in [-0.39, 0.29) is 10.6 Å². The first-order valence-corrected chi connectivity index (χ1v) is 11.9. The van der Waals surface area contributed by atoms with Crippen LogP contribution < -0.4 is 9.03 Å². The number of rotatable bonds is 4. The van der Waals surface area contributed by atoms with Crippen LogP contribution >= 0.6 is 0 Å². The van der Waals surface area contributed by atoms with E-state index < -0.39 is 20.0 Å². The number of nitrogens with one attached hydrogen (secondary N) is 1. The van der Waals surface area contributed by atoms with Crippen molar-refractivity contribution in [3.63, 3.8) is 0 Å². The summed E-state index contributed by atoms with van der Waals surface area (Å²) in [5.41, 5.74) is 3.46. The molecule has 1 aliphatic heterocycles. The van der Waals surface area contributed by atoms with Gasteiger partial charge in [-0.2, -0.15) is 0 Å². The Labute approximate surface area is 161 Å². The SMILES string of the molecule is Cc1cc(C)cc(NS(=O)(=O)c2ccc(N3CCCCS3(=O)=O)cc2C)c1. The highest BCUT2D eigenvalue weighted by Crippen LogP contribution is 2.28. The summed E-state index contributed by atoms with van der Waals surface area (Å²) in [6.45, 7) is 5.92. The summed E-state index contributed by atoms with van der Waals surface area (Å²) in [5, 5.41) is 0. The molecule has 1 fully saturated rings. The topological polar surface area (TPSA) is 83.6 Å². The van der Waals surface area contributed by atoms with Crippen LogP contribution in [0, 0.1) is 20.8 Å². The molecule has 8 heteroatoms. The molecule has 6 nitrogen and oxygen atoms in total. The van der Waals surface area contributed by atoms with Crippen LogP contribution in [0.3, 0.4) is 0 Å². The molecule has 1 aliphatic rings. The zero-order valence-electron chi connectivity index (χ0n) is 15.7. The molecule has 27 heavy (non-hydrogen) atoms. The molecule has 0 unspecified atom stereocenters. The smallest absolute Gasteiger partial charge is 0.262 e. The summed E-state index contributed by atoms with van der Waals surface area (Å²) in [6.07, 6.45) is 1.46. The molecule has 1 saturated heterocycles. The Morgan fingerprint density at radius 2 is 1.63 bits per heavy atom. The highest BCUT2D eigenvalue weighted by molar-refractivity contribution is 7.93. The van der Waals surface area contributed by atoms with Gasteiger partial charge < -0.3 is 0 Å². The van der Waals surface area contributed by atoms with Crippen molar-refractivity contribution in [2.45, 2.75) is 38.5 Å². The Bertz CT molecular complexity index is 1060. The van der Waals surface area contributed by atoms with Crippen LogP contribution in [-0.2, 0) is 20.0 Å². The zero-order chi connectivity index (χ0) is 19.8. The van der Waals surface area contributed by atoms with E-state index in [0.717, 1.165) is 17.5 Å². The fourth-order valence-corrected chi connectivity index (χ4v) is 6.31. The first kappa shape index (κ1) is 19.7. The maximum absolute atomic E-state index is 12.8. The minimum atomic E-state index is -3.77. The average Bonchev–Trinajstić information content (AvgIpc) is 2.52. The predicted octanol–water partition coefficient (Wildman–Crippen LogP) is 3.34. The number of aryl methyl sites for hydroxylation is 3. The van der Waals surface area contributed by atoms with Crippen LogP contribution in [0.5, 0.6) is 0 Å². The van der Waals surface area contributed by atoms with Crippen LogP contribution in [0.4, 0.5) is 11.4 Å². The molecule has 0 bridgehead atoms. The third-order valence-corrected chi connectivity index (χ3v) is 7.97. The molecular weight excluding hydrogens is 384 g/mol. The molecule has 1 N–H and O–H groups in total. The molecule has 2 aromatic rings. The maximum atomic E-state index is 12.8. The van der Waals surface area contributed by atoms with Gasteiger partial charge in [0, 0.05) is 12.2 Å². The van der Waals surface area contributed by atoms with Crippen LogP contribution in [0.15, 0.2) is 41.3 Å². The van der Waals surface area contributed by atoms with E-state index in [9.17, 15) is 16.8 Å². The average molecular weight is 409 g/mol. The number of hydrogen-bond acceptors (Lipinski definition) is 4. The van der Waals surface area contributed by atoms with Gasteiger partial charge in [0.2, 0.25) is 10.0 Å². The molecular formula is C19H24N2O4S2. The molecule has 0 amide bonds. The Morgan fingerprint density at radius 3 is 2.22 bits per heavy atom. The van der Waals surface area contributed by atoms with Crippen molar-refractivity contribution in [1.29, 1.82) is 0 Å². The van der Waals surface area contributed by atoms with Gasteiger partial charge >= 0.3 is 0 Å². The summed E-state index contributed by atoms with van der Waals surface area (Å²) >= 11 is 0. The van der Waals surface area contributed by atoms with Crippen LogP contribution in [0.25, 0.3) is 0 Å². The number of anilines is 2. The third-order valence-electron chi connectivity index (χ3n) is 4.56. The van der Waals surface area contributed by atoms with Gasteiger partial charge in [-0.25, -0.2) is 16.8 Å². The number of benzene rings is 2. The lowest BCUT2D eigenvalue weighted by molar-refractivity contribution is 0.574. The highest BCUT2D eigenvalue weighted by Gasteiger charge is 2.27. The minimum absolute atomic E-state index is 0.125. The van der Waals surface area contributed by atoms with E-state index in [2.05, 4.69) is 4.72 Å². The third kappa shape index (κ3) is 4.27. The van der Waals surface area contributed by atoms with E-state index in [1.165, 1.54) is 10.4 Å². The largest absolute Gasteiger partial charge is 0.280 e. The second-order valence-corrected chi connectivity index (χ2v) is 10.7. The van der Waals surface area contributed by atoms with Gasteiger partial charge in [-0.05, 0) is 80.6 Å². The molecule has 1 heterocycles. The number of sulfonamides is 2. The highest BCUT2D eigenvalue weighted by atomic mass is 32.2. The molecule has 2 aromatic carbocycles. The quantitative estimate of drug-likeness (QED) is 0.841. The van der Waals surface area contributed by atoms with Crippen molar-refractivity contribution in [3.05, 3.63) is 53.1 Å². The number of nitrogens with zero attached hydrogens (tertiary/aromatic N) is 1. The van der Waals surface area contributed by atoms with Crippen molar-refractivity contribution >= 4 is 31.4 Å². The molecule has 0 aromatic heterocycles. The lowest BCUT2D eigenvalue weighted by atomic mass is 10.1. The lowest BCUT2D eigenvalue weighted by Gasteiger charge is -2.28. The summed E-state index contributed by atoms with van der Waals surface area (Å²) in [4.78, 5) is 0.139. The van der Waals surface area contributed by atoms with Gasteiger partial charge in [0.1, 0.15) is 0 Å². The van der Waals surface area contributed by atoms with Gasteiger partial charge in [-0.1, -0.05) is 6.07 Å². The van der Waals surface area contributed by atoms with E-state index in [4.69, 9.17) is 0 Å². The number of hydrogen-bond donors (Lipinski definition) is 1. The van der Waals surface area contributed by atoms with Crippen molar-refractivity contribution in [2.24, 2.45) is 0 Å². The molecule has 0 radical (unpaired) electrons. The normalized spacial score (nSPS) is 16.9. The first-order valence-electron chi connectivity index (χ1n) is 8.81.